The first-order valence-electron chi connectivity index (χ1n) is 6.34. The van der Waals surface area contributed by atoms with Gasteiger partial charge < -0.3 is 9.88 Å². The molecule has 0 radical (unpaired) electrons. The highest BCUT2D eigenvalue weighted by molar-refractivity contribution is 6.16. The zero-order valence-corrected chi connectivity index (χ0v) is 11.7. The van der Waals surface area contributed by atoms with Crippen molar-refractivity contribution in [3.63, 3.8) is 0 Å². The van der Waals surface area contributed by atoms with Crippen LogP contribution >= 0.6 is 11.6 Å². The molecule has 2 aromatic rings. The van der Waals surface area contributed by atoms with Gasteiger partial charge in [-0.3, -0.25) is 9.48 Å². The number of carbonyl (C=O) groups excluding carboxylic acids is 1. The van der Waals surface area contributed by atoms with E-state index in [4.69, 9.17) is 11.6 Å². The third-order valence-corrected chi connectivity index (χ3v) is 3.57. The Kier molecular flexibility index (Phi) is 2.97. The number of fused-ring (bicyclic) bond motifs is 1. The summed E-state index contributed by atoms with van der Waals surface area (Å²) in [6, 6.07) is 0.360. The normalized spacial score (nSPS) is 15.1. The minimum Gasteiger partial charge on any atom is -0.352 e. The summed E-state index contributed by atoms with van der Waals surface area (Å²) in [4.78, 5) is 16.4. The van der Waals surface area contributed by atoms with Crippen LogP contribution in [0.3, 0.4) is 0 Å². The number of nitrogens with zero attached hydrogens (tertiary/aromatic N) is 4. The molecule has 0 atom stereocenters. The molecule has 1 aliphatic carbocycles. The Morgan fingerprint density at radius 1 is 1.53 bits per heavy atom. The Hall–Kier alpha value is -1.56. The van der Waals surface area contributed by atoms with E-state index >= 15 is 0 Å². The van der Waals surface area contributed by atoms with E-state index in [0.29, 0.717) is 11.9 Å². The molecule has 2 heterocycles. The molecule has 102 valence electrons. The standard InChI is InChI=1S/C12H16ClN5O/c1-7-11-12(17(2)16-7)18(9(5-13)15-11)6-10(19)14-8-3-4-8/h8H,3-6H2,1-2H3,(H,14,19). The average molecular weight is 282 g/mol. The molecule has 6 nitrogen and oxygen atoms in total. The summed E-state index contributed by atoms with van der Waals surface area (Å²) in [6.45, 7) is 2.15. The molecule has 0 aromatic carbocycles. The van der Waals surface area contributed by atoms with Crippen LogP contribution in [0.25, 0.3) is 11.2 Å². The zero-order valence-electron chi connectivity index (χ0n) is 11.0. The van der Waals surface area contributed by atoms with Crippen LogP contribution in [0.5, 0.6) is 0 Å². The second-order valence-corrected chi connectivity index (χ2v) is 5.24. The van der Waals surface area contributed by atoms with Gasteiger partial charge in [-0.15, -0.1) is 11.6 Å². The number of rotatable bonds is 4. The quantitative estimate of drug-likeness (QED) is 0.854. The third kappa shape index (κ3) is 2.20. The van der Waals surface area contributed by atoms with Gasteiger partial charge in [0, 0.05) is 13.1 Å². The molecule has 0 bridgehead atoms. The predicted molar refractivity (Wildman–Crippen MR) is 72.0 cm³/mol. The van der Waals surface area contributed by atoms with E-state index in [1.54, 1.807) is 4.68 Å². The maximum absolute atomic E-state index is 12.0. The van der Waals surface area contributed by atoms with E-state index in [1.807, 2.05) is 18.5 Å². The van der Waals surface area contributed by atoms with Crippen LogP contribution in [0.15, 0.2) is 0 Å². The fraction of sp³-hybridized carbons (Fsp3) is 0.583. The Bertz CT molecular complexity index is 640. The van der Waals surface area contributed by atoms with Gasteiger partial charge in [0.1, 0.15) is 17.9 Å². The molecule has 1 N–H and O–H groups in total. The fourth-order valence-electron chi connectivity index (χ4n) is 2.29. The number of amides is 1. The van der Waals surface area contributed by atoms with Crippen LogP contribution in [0.1, 0.15) is 24.4 Å². The number of hydrogen-bond donors (Lipinski definition) is 1. The number of hydrogen-bond acceptors (Lipinski definition) is 3. The van der Waals surface area contributed by atoms with Crippen molar-refractivity contribution in [2.75, 3.05) is 0 Å². The molecule has 1 aliphatic rings. The molecule has 19 heavy (non-hydrogen) atoms. The largest absolute Gasteiger partial charge is 0.352 e. The molecule has 0 spiro atoms. The number of carbonyl (C=O) groups is 1. The summed E-state index contributed by atoms with van der Waals surface area (Å²) in [7, 11) is 1.85. The van der Waals surface area contributed by atoms with Crippen LogP contribution in [-0.4, -0.2) is 31.3 Å². The van der Waals surface area contributed by atoms with Crippen LogP contribution in [0.4, 0.5) is 0 Å². The van der Waals surface area contributed by atoms with E-state index in [-0.39, 0.29) is 18.3 Å². The average Bonchev–Trinajstić information content (AvgIpc) is 3.01. The molecule has 0 aliphatic heterocycles. The minimum atomic E-state index is 0.00650. The summed E-state index contributed by atoms with van der Waals surface area (Å²) in [6.07, 6.45) is 2.16. The van der Waals surface area contributed by atoms with Gasteiger partial charge in [0.15, 0.2) is 5.65 Å². The van der Waals surface area contributed by atoms with Gasteiger partial charge in [-0.2, -0.15) is 5.10 Å². The second kappa shape index (κ2) is 4.52. The van der Waals surface area contributed by atoms with Gasteiger partial charge in [-0.1, -0.05) is 0 Å². The van der Waals surface area contributed by atoms with Crippen molar-refractivity contribution >= 4 is 28.7 Å². The van der Waals surface area contributed by atoms with E-state index in [0.717, 1.165) is 29.7 Å². The summed E-state index contributed by atoms with van der Waals surface area (Å²) in [5.41, 5.74) is 2.52. The molecule has 1 saturated carbocycles. The molecule has 0 saturated heterocycles. The molecular weight excluding hydrogens is 266 g/mol. The highest BCUT2D eigenvalue weighted by Crippen LogP contribution is 2.21. The molecular formula is C12H16ClN5O. The lowest BCUT2D eigenvalue weighted by Crippen LogP contribution is -2.30. The number of alkyl halides is 1. The van der Waals surface area contributed by atoms with Gasteiger partial charge in [-0.05, 0) is 19.8 Å². The van der Waals surface area contributed by atoms with Crippen molar-refractivity contribution in [2.24, 2.45) is 7.05 Å². The molecule has 7 heteroatoms. The second-order valence-electron chi connectivity index (χ2n) is 4.97. The summed E-state index contributed by atoms with van der Waals surface area (Å²) < 4.78 is 3.60. The van der Waals surface area contributed by atoms with Crippen molar-refractivity contribution < 1.29 is 4.79 Å². The van der Waals surface area contributed by atoms with Crippen LogP contribution < -0.4 is 5.32 Å². The number of imidazole rings is 1. The summed E-state index contributed by atoms with van der Waals surface area (Å²) in [5, 5.41) is 7.30. The minimum absolute atomic E-state index is 0.00650. The first-order valence-corrected chi connectivity index (χ1v) is 6.87. The van der Waals surface area contributed by atoms with Gasteiger partial charge >= 0.3 is 0 Å². The van der Waals surface area contributed by atoms with E-state index < -0.39 is 0 Å². The smallest absolute Gasteiger partial charge is 0.240 e. The Morgan fingerprint density at radius 3 is 2.89 bits per heavy atom. The van der Waals surface area contributed by atoms with Crippen LogP contribution in [0, 0.1) is 6.92 Å². The molecule has 3 rings (SSSR count). The summed E-state index contributed by atoms with van der Waals surface area (Å²) in [5.74, 6) is 0.996. The fourth-order valence-corrected chi connectivity index (χ4v) is 2.50. The molecule has 0 unspecified atom stereocenters. The van der Waals surface area contributed by atoms with Gasteiger partial charge in [0.05, 0.1) is 11.6 Å². The SMILES string of the molecule is Cc1nn(C)c2c1nc(CCl)n2CC(=O)NC1CC1. The van der Waals surface area contributed by atoms with Crippen molar-refractivity contribution in [3.05, 3.63) is 11.5 Å². The van der Waals surface area contributed by atoms with Gasteiger partial charge in [-0.25, -0.2) is 4.98 Å². The van der Waals surface area contributed by atoms with E-state index in [1.165, 1.54) is 0 Å². The van der Waals surface area contributed by atoms with E-state index in [2.05, 4.69) is 15.4 Å². The number of aryl methyl sites for hydroxylation is 2. The number of halogens is 1. The van der Waals surface area contributed by atoms with E-state index in [9.17, 15) is 4.79 Å². The molecule has 1 fully saturated rings. The highest BCUT2D eigenvalue weighted by Gasteiger charge is 2.25. The first kappa shape index (κ1) is 12.5. The Labute approximate surface area is 115 Å². The monoisotopic (exact) mass is 281 g/mol. The van der Waals surface area contributed by atoms with Crippen molar-refractivity contribution in [2.45, 2.75) is 38.2 Å². The first-order chi connectivity index (χ1) is 9.10. The maximum atomic E-state index is 12.0. The lowest BCUT2D eigenvalue weighted by molar-refractivity contribution is -0.121. The predicted octanol–water partition coefficient (Wildman–Crippen LogP) is 1.10. The van der Waals surface area contributed by atoms with Gasteiger partial charge in [0.2, 0.25) is 5.91 Å². The zero-order chi connectivity index (χ0) is 13.6. The Balaban J connectivity index is 1.97. The Morgan fingerprint density at radius 2 is 2.26 bits per heavy atom. The lowest BCUT2D eigenvalue weighted by Gasteiger charge is -2.08. The topological polar surface area (TPSA) is 64.7 Å². The van der Waals surface area contributed by atoms with Gasteiger partial charge in [0.25, 0.3) is 0 Å². The van der Waals surface area contributed by atoms with Crippen LogP contribution in [-0.2, 0) is 24.3 Å². The number of aromatic nitrogens is 4. The van der Waals surface area contributed by atoms with Crippen molar-refractivity contribution in [1.29, 1.82) is 0 Å². The third-order valence-electron chi connectivity index (χ3n) is 3.33. The molecule has 2 aromatic heterocycles. The van der Waals surface area contributed by atoms with Crippen LogP contribution in [0.2, 0.25) is 0 Å². The summed E-state index contributed by atoms with van der Waals surface area (Å²) >= 11 is 5.92. The van der Waals surface area contributed by atoms with Crippen molar-refractivity contribution in [1.82, 2.24) is 24.6 Å². The van der Waals surface area contributed by atoms with Crippen molar-refractivity contribution in [3.8, 4) is 0 Å². The highest BCUT2D eigenvalue weighted by atomic mass is 35.5. The maximum Gasteiger partial charge on any atom is 0.240 e. The molecule has 1 amide bonds. The number of nitrogens with one attached hydrogen (secondary N) is 1. The lowest BCUT2D eigenvalue weighted by atomic mass is 10.4.